The van der Waals surface area contributed by atoms with E-state index in [0.717, 1.165) is 0 Å². The first kappa shape index (κ1) is 14.3. The molecule has 0 aromatic rings. The van der Waals surface area contributed by atoms with Crippen molar-refractivity contribution in [3.8, 4) is 0 Å². The van der Waals surface area contributed by atoms with E-state index in [1.807, 2.05) is 20.8 Å². The smallest absolute Gasteiger partial charge is 0.323 e. The van der Waals surface area contributed by atoms with Crippen molar-refractivity contribution in [1.82, 2.24) is 5.32 Å². The number of methoxy groups -OCH3 is 1. The summed E-state index contributed by atoms with van der Waals surface area (Å²) in [5, 5.41) is 11.7. The van der Waals surface area contributed by atoms with Crippen LogP contribution >= 0.6 is 0 Å². The number of carboxylic acid groups (broad SMARTS) is 1. The number of ether oxygens (including phenoxy) is 2. The average Bonchev–Trinajstić information content (AvgIpc) is 2.11. The lowest BCUT2D eigenvalue weighted by Gasteiger charge is -2.26. The molecule has 1 atom stereocenters. The first-order valence-corrected chi connectivity index (χ1v) is 5.02. The van der Waals surface area contributed by atoms with Gasteiger partial charge in [-0.05, 0) is 20.8 Å². The highest BCUT2D eigenvalue weighted by molar-refractivity contribution is 5.73. The molecule has 0 heterocycles. The zero-order valence-electron chi connectivity index (χ0n) is 9.87. The number of hydrogen-bond donors (Lipinski definition) is 2. The Morgan fingerprint density at radius 2 is 2.13 bits per heavy atom. The molecule has 0 saturated carbocycles. The van der Waals surface area contributed by atoms with Crippen molar-refractivity contribution in [2.24, 2.45) is 0 Å². The Kier molecular flexibility index (Phi) is 6.47. The molecule has 5 nitrogen and oxygen atoms in total. The maximum absolute atomic E-state index is 10.8. The molecule has 0 bridgehead atoms. The standard InChI is InChI=1S/C10H21NO4/c1-5-15-10(2,3)7-11-8(6-14-4)9(12)13/h8,11H,5-7H2,1-4H3,(H,12,13). The molecule has 0 radical (unpaired) electrons. The van der Waals surface area contributed by atoms with Crippen molar-refractivity contribution in [1.29, 1.82) is 0 Å². The minimum atomic E-state index is -0.913. The van der Waals surface area contributed by atoms with Gasteiger partial charge in [-0.1, -0.05) is 0 Å². The zero-order chi connectivity index (χ0) is 11.9. The van der Waals surface area contributed by atoms with E-state index in [1.54, 1.807) is 0 Å². The van der Waals surface area contributed by atoms with E-state index in [2.05, 4.69) is 5.32 Å². The van der Waals surface area contributed by atoms with Crippen LogP contribution in [0.4, 0.5) is 0 Å². The van der Waals surface area contributed by atoms with Crippen LogP contribution in [-0.4, -0.2) is 49.6 Å². The summed E-state index contributed by atoms with van der Waals surface area (Å²) in [5.41, 5.74) is -0.365. The van der Waals surface area contributed by atoms with E-state index < -0.39 is 12.0 Å². The Bertz CT molecular complexity index is 194. The Morgan fingerprint density at radius 3 is 2.53 bits per heavy atom. The number of nitrogens with one attached hydrogen (secondary N) is 1. The van der Waals surface area contributed by atoms with Gasteiger partial charge >= 0.3 is 5.97 Å². The fourth-order valence-corrected chi connectivity index (χ4v) is 1.19. The SMILES string of the molecule is CCOC(C)(C)CNC(COC)C(=O)O. The van der Waals surface area contributed by atoms with Gasteiger partial charge in [0.1, 0.15) is 6.04 Å². The van der Waals surface area contributed by atoms with Gasteiger partial charge in [0.15, 0.2) is 0 Å². The third-order valence-corrected chi connectivity index (χ3v) is 1.94. The van der Waals surface area contributed by atoms with Gasteiger partial charge in [-0.2, -0.15) is 0 Å². The summed E-state index contributed by atoms with van der Waals surface area (Å²) in [6.07, 6.45) is 0. The molecule has 0 spiro atoms. The molecule has 0 aromatic heterocycles. The normalized spacial score (nSPS) is 13.9. The van der Waals surface area contributed by atoms with Crippen molar-refractivity contribution in [3.05, 3.63) is 0 Å². The molecule has 1 unspecified atom stereocenters. The maximum Gasteiger partial charge on any atom is 0.323 e. The van der Waals surface area contributed by atoms with E-state index in [-0.39, 0.29) is 12.2 Å². The molecule has 0 amide bonds. The van der Waals surface area contributed by atoms with E-state index in [1.165, 1.54) is 7.11 Å². The summed E-state index contributed by atoms with van der Waals surface area (Å²) in [7, 11) is 1.48. The minimum Gasteiger partial charge on any atom is -0.480 e. The zero-order valence-corrected chi connectivity index (χ0v) is 9.87. The third-order valence-electron chi connectivity index (χ3n) is 1.94. The van der Waals surface area contributed by atoms with Gasteiger partial charge in [0.2, 0.25) is 0 Å². The predicted molar refractivity (Wildman–Crippen MR) is 57.0 cm³/mol. The second-order valence-electron chi connectivity index (χ2n) is 3.92. The molecule has 15 heavy (non-hydrogen) atoms. The third kappa shape index (κ3) is 6.43. The lowest BCUT2D eigenvalue weighted by molar-refractivity contribution is -0.141. The van der Waals surface area contributed by atoms with E-state index >= 15 is 0 Å². The summed E-state index contributed by atoms with van der Waals surface area (Å²) in [4.78, 5) is 10.8. The monoisotopic (exact) mass is 219 g/mol. The summed E-state index contributed by atoms with van der Waals surface area (Å²) in [5.74, 6) is -0.913. The molecule has 5 heteroatoms. The van der Waals surface area contributed by atoms with Gasteiger partial charge in [-0.25, -0.2) is 0 Å². The molecule has 0 aromatic carbocycles. The summed E-state index contributed by atoms with van der Waals surface area (Å²) >= 11 is 0. The molecule has 0 aliphatic carbocycles. The highest BCUT2D eigenvalue weighted by Gasteiger charge is 2.22. The van der Waals surface area contributed by atoms with Crippen LogP contribution in [0.2, 0.25) is 0 Å². The van der Waals surface area contributed by atoms with Gasteiger partial charge in [-0.15, -0.1) is 0 Å². The second kappa shape index (κ2) is 6.76. The Morgan fingerprint density at radius 1 is 1.53 bits per heavy atom. The van der Waals surface area contributed by atoms with Crippen LogP contribution in [0.15, 0.2) is 0 Å². The molecule has 0 aliphatic rings. The number of aliphatic carboxylic acids is 1. The highest BCUT2D eigenvalue weighted by atomic mass is 16.5. The van der Waals surface area contributed by atoms with E-state index in [0.29, 0.717) is 13.2 Å². The van der Waals surface area contributed by atoms with Crippen molar-refractivity contribution >= 4 is 5.97 Å². The fraction of sp³-hybridized carbons (Fsp3) is 0.900. The Hall–Kier alpha value is -0.650. The van der Waals surface area contributed by atoms with Crippen LogP contribution in [0, 0.1) is 0 Å². The minimum absolute atomic E-state index is 0.150. The van der Waals surface area contributed by atoms with Gasteiger partial charge < -0.3 is 14.6 Å². The molecular weight excluding hydrogens is 198 g/mol. The summed E-state index contributed by atoms with van der Waals surface area (Å²) in [6.45, 7) is 6.96. The number of rotatable bonds is 8. The summed E-state index contributed by atoms with van der Waals surface area (Å²) < 4.78 is 10.2. The Balaban J connectivity index is 4.03. The van der Waals surface area contributed by atoms with Crippen molar-refractivity contribution in [2.45, 2.75) is 32.4 Å². The van der Waals surface area contributed by atoms with E-state index in [4.69, 9.17) is 14.6 Å². The molecule has 0 fully saturated rings. The average molecular weight is 219 g/mol. The molecule has 90 valence electrons. The summed E-state index contributed by atoms with van der Waals surface area (Å²) in [6, 6.07) is -0.685. The molecule has 2 N–H and O–H groups in total. The fourth-order valence-electron chi connectivity index (χ4n) is 1.19. The van der Waals surface area contributed by atoms with E-state index in [9.17, 15) is 4.79 Å². The first-order valence-electron chi connectivity index (χ1n) is 5.02. The van der Waals surface area contributed by atoms with Gasteiger partial charge in [0.05, 0.1) is 12.2 Å². The predicted octanol–water partition coefficient (Wildman–Crippen LogP) is 0.491. The van der Waals surface area contributed by atoms with Crippen LogP contribution in [-0.2, 0) is 14.3 Å². The van der Waals surface area contributed by atoms with Crippen LogP contribution in [0.25, 0.3) is 0 Å². The lowest BCUT2D eigenvalue weighted by Crippen LogP contribution is -2.47. The quantitative estimate of drug-likeness (QED) is 0.622. The van der Waals surface area contributed by atoms with Crippen LogP contribution in [0.1, 0.15) is 20.8 Å². The first-order chi connectivity index (χ1) is 6.93. The number of carboxylic acids is 1. The largest absolute Gasteiger partial charge is 0.480 e. The molecule has 0 saturated heterocycles. The Labute approximate surface area is 90.8 Å². The van der Waals surface area contributed by atoms with Crippen molar-refractivity contribution in [2.75, 3.05) is 26.9 Å². The molecular formula is C10H21NO4. The maximum atomic E-state index is 10.8. The topological polar surface area (TPSA) is 67.8 Å². The number of hydrogen-bond acceptors (Lipinski definition) is 4. The van der Waals surface area contributed by atoms with Crippen molar-refractivity contribution in [3.63, 3.8) is 0 Å². The van der Waals surface area contributed by atoms with Gasteiger partial charge in [-0.3, -0.25) is 10.1 Å². The molecule has 0 rings (SSSR count). The van der Waals surface area contributed by atoms with Crippen LogP contribution < -0.4 is 5.32 Å². The number of carbonyl (C=O) groups is 1. The van der Waals surface area contributed by atoms with Crippen LogP contribution in [0.3, 0.4) is 0 Å². The van der Waals surface area contributed by atoms with Crippen molar-refractivity contribution < 1.29 is 19.4 Å². The molecule has 0 aliphatic heterocycles. The second-order valence-corrected chi connectivity index (χ2v) is 3.92. The highest BCUT2D eigenvalue weighted by Crippen LogP contribution is 2.07. The van der Waals surface area contributed by atoms with Crippen LogP contribution in [0.5, 0.6) is 0 Å². The lowest BCUT2D eigenvalue weighted by atomic mass is 10.1. The van der Waals surface area contributed by atoms with Gasteiger partial charge in [0, 0.05) is 20.3 Å². The van der Waals surface area contributed by atoms with Gasteiger partial charge in [0.25, 0.3) is 0 Å².